The Morgan fingerprint density at radius 1 is 1.33 bits per heavy atom. The van der Waals surface area contributed by atoms with Gasteiger partial charge in [-0.05, 0) is 34.6 Å². The van der Waals surface area contributed by atoms with E-state index in [9.17, 15) is 0 Å². The molecule has 98 valence electrons. The second kappa shape index (κ2) is 6.70. The van der Waals surface area contributed by atoms with Crippen LogP contribution in [-0.2, 0) is 6.42 Å². The normalized spacial score (nSPS) is 12.6. The lowest BCUT2D eigenvalue weighted by atomic mass is 10.1. The molecule has 18 heavy (non-hydrogen) atoms. The first-order chi connectivity index (χ1) is 8.72. The van der Waals surface area contributed by atoms with Crippen LogP contribution in [0.1, 0.15) is 22.7 Å². The Morgan fingerprint density at radius 2 is 2.17 bits per heavy atom. The summed E-state index contributed by atoms with van der Waals surface area (Å²) in [7, 11) is 1.71. The van der Waals surface area contributed by atoms with Gasteiger partial charge in [-0.1, -0.05) is 6.92 Å². The van der Waals surface area contributed by atoms with Gasteiger partial charge in [0.15, 0.2) is 0 Å². The zero-order chi connectivity index (χ0) is 13.0. The molecule has 0 spiro atoms. The zero-order valence-electron chi connectivity index (χ0n) is 10.4. The number of hydrogen-bond acceptors (Lipinski definition) is 4. The van der Waals surface area contributed by atoms with Crippen LogP contribution in [0, 0.1) is 0 Å². The molecule has 2 rings (SSSR count). The number of ether oxygens (including phenoxy) is 1. The van der Waals surface area contributed by atoms with E-state index in [0.717, 1.165) is 18.7 Å². The van der Waals surface area contributed by atoms with Crippen LogP contribution in [0.5, 0.6) is 5.75 Å². The van der Waals surface area contributed by atoms with Crippen molar-refractivity contribution in [1.82, 2.24) is 5.32 Å². The van der Waals surface area contributed by atoms with Crippen molar-refractivity contribution in [2.75, 3.05) is 13.7 Å². The van der Waals surface area contributed by atoms with E-state index in [4.69, 9.17) is 4.74 Å². The maximum absolute atomic E-state index is 5.26. The van der Waals surface area contributed by atoms with Crippen LogP contribution in [0.4, 0.5) is 0 Å². The average molecular weight is 346 g/mol. The number of methoxy groups -OCH3 is 1. The van der Waals surface area contributed by atoms with Crippen molar-refractivity contribution >= 4 is 38.6 Å². The second-order valence-corrected chi connectivity index (χ2v) is 6.79. The first kappa shape index (κ1) is 14.1. The first-order valence-corrected chi connectivity index (χ1v) is 8.37. The third-order valence-electron chi connectivity index (χ3n) is 2.65. The molecule has 0 saturated heterocycles. The Bertz CT molecular complexity index is 495. The monoisotopic (exact) mass is 345 g/mol. The molecule has 1 unspecified atom stereocenters. The maximum atomic E-state index is 5.26. The summed E-state index contributed by atoms with van der Waals surface area (Å²) in [6.45, 7) is 3.11. The lowest BCUT2D eigenvalue weighted by molar-refractivity contribution is 0.415. The average Bonchev–Trinajstić information content (AvgIpc) is 2.97. The van der Waals surface area contributed by atoms with Crippen LogP contribution >= 0.6 is 38.6 Å². The van der Waals surface area contributed by atoms with E-state index in [0.29, 0.717) is 6.04 Å². The van der Waals surface area contributed by atoms with E-state index in [2.05, 4.69) is 51.1 Å². The quantitative estimate of drug-likeness (QED) is 0.833. The standard InChI is InChI=1S/C13H16BrNOS2/c1-3-15-12(6-11-4-9(14)7-17-11)13-5-10(16-2)8-18-13/h4-5,7-8,12,15H,3,6H2,1-2H3. The molecule has 0 aromatic carbocycles. The van der Waals surface area contributed by atoms with Gasteiger partial charge in [0.25, 0.3) is 0 Å². The topological polar surface area (TPSA) is 21.3 Å². The van der Waals surface area contributed by atoms with Gasteiger partial charge in [0, 0.05) is 37.4 Å². The summed E-state index contributed by atoms with van der Waals surface area (Å²) in [5, 5.41) is 7.73. The predicted molar refractivity (Wildman–Crippen MR) is 83.0 cm³/mol. The lowest BCUT2D eigenvalue weighted by Gasteiger charge is -2.15. The summed E-state index contributed by atoms with van der Waals surface area (Å²) in [6, 6.07) is 4.69. The van der Waals surface area contributed by atoms with Crippen molar-refractivity contribution < 1.29 is 4.74 Å². The predicted octanol–water partition coefficient (Wildman–Crippen LogP) is 4.47. The number of nitrogens with one attached hydrogen (secondary N) is 1. The largest absolute Gasteiger partial charge is 0.496 e. The van der Waals surface area contributed by atoms with Crippen LogP contribution < -0.4 is 10.1 Å². The van der Waals surface area contributed by atoms with Crippen molar-refractivity contribution in [1.29, 1.82) is 0 Å². The van der Waals surface area contributed by atoms with Crippen molar-refractivity contribution in [3.05, 3.63) is 37.1 Å². The van der Waals surface area contributed by atoms with Gasteiger partial charge < -0.3 is 10.1 Å². The van der Waals surface area contributed by atoms with E-state index in [1.54, 1.807) is 29.8 Å². The third-order valence-corrected chi connectivity index (χ3v) is 5.40. The molecule has 0 aliphatic rings. The molecule has 2 aromatic heterocycles. The van der Waals surface area contributed by atoms with Crippen LogP contribution in [-0.4, -0.2) is 13.7 Å². The highest BCUT2D eigenvalue weighted by Crippen LogP contribution is 2.31. The smallest absolute Gasteiger partial charge is 0.129 e. The van der Waals surface area contributed by atoms with Crippen LogP contribution in [0.15, 0.2) is 27.4 Å². The lowest BCUT2D eigenvalue weighted by Crippen LogP contribution is -2.21. The van der Waals surface area contributed by atoms with Crippen molar-refractivity contribution in [3.8, 4) is 5.75 Å². The van der Waals surface area contributed by atoms with Crippen molar-refractivity contribution in [2.24, 2.45) is 0 Å². The van der Waals surface area contributed by atoms with Crippen molar-refractivity contribution in [3.63, 3.8) is 0 Å². The summed E-state index contributed by atoms with van der Waals surface area (Å²) < 4.78 is 6.42. The van der Waals surface area contributed by atoms with Gasteiger partial charge in [0.1, 0.15) is 5.75 Å². The summed E-state index contributed by atoms with van der Waals surface area (Å²) in [4.78, 5) is 2.72. The molecule has 2 nitrogen and oxygen atoms in total. The molecule has 2 heterocycles. The summed E-state index contributed by atoms with van der Waals surface area (Å²) in [6.07, 6.45) is 1.02. The Balaban J connectivity index is 2.12. The van der Waals surface area contributed by atoms with Crippen LogP contribution in [0.3, 0.4) is 0 Å². The van der Waals surface area contributed by atoms with E-state index in [1.807, 2.05) is 0 Å². The summed E-state index contributed by atoms with van der Waals surface area (Å²) >= 11 is 7.06. The molecule has 0 amide bonds. The van der Waals surface area contributed by atoms with Gasteiger partial charge in [0.05, 0.1) is 7.11 Å². The molecular weight excluding hydrogens is 330 g/mol. The van der Waals surface area contributed by atoms with Crippen LogP contribution in [0.25, 0.3) is 0 Å². The Morgan fingerprint density at radius 3 is 2.72 bits per heavy atom. The number of hydrogen-bond donors (Lipinski definition) is 1. The van der Waals surface area contributed by atoms with Gasteiger partial charge >= 0.3 is 0 Å². The molecule has 1 N–H and O–H groups in total. The van der Waals surface area contributed by atoms with Gasteiger partial charge in [-0.2, -0.15) is 0 Å². The van der Waals surface area contributed by atoms with E-state index >= 15 is 0 Å². The zero-order valence-corrected chi connectivity index (χ0v) is 13.6. The number of thiophene rings is 2. The van der Waals surface area contributed by atoms with E-state index in [-0.39, 0.29) is 0 Å². The second-order valence-electron chi connectivity index (χ2n) is 3.93. The highest BCUT2D eigenvalue weighted by molar-refractivity contribution is 9.10. The molecule has 5 heteroatoms. The highest BCUT2D eigenvalue weighted by atomic mass is 79.9. The minimum atomic E-state index is 0.370. The SMILES string of the molecule is CCNC(Cc1cc(Br)cs1)c1cc(OC)cs1. The van der Waals surface area contributed by atoms with E-state index in [1.165, 1.54) is 14.2 Å². The Labute approximate surface area is 124 Å². The van der Waals surface area contributed by atoms with Crippen molar-refractivity contribution in [2.45, 2.75) is 19.4 Å². The molecule has 0 radical (unpaired) electrons. The fourth-order valence-electron chi connectivity index (χ4n) is 1.81. The van der Waals surface area contributed by atoms with Gasteiger partial charge in [-0.25, -0.2) is 0 Å². The summed E-state index contributed by atoms with van der Waals surface area (Å²) in [5.74, 6) is 0.949. The molecule has 0 saturated carbocycles. The minimum absolute atomic E-state index is 0.370. The number of halogens is 1. The highest BCUT2D eigenvalue weighted by Gasteiger charge is 2.15. The fraction of sp³-hybridized carbons (Fsp3) is 0.385. The van der Waals surface area contributed by atoms with Crippen LogP contribution in [0.2, 0.25) is 0 Å². The van der Waals surface area contributed by atoms with Gasteiger partial charge in [0.2, 0.25) is 0 Å². The third kappa shape index (κ3) is 3.57. The number of rotatable bonds is 6. The van der Waals surface area contributed by atoms with E-state index < -0.39 is 0 Å². The molecule has 0 bridgehead atoms. The summed E-state index contributed by atoms with van der Waals surface area (Å²) in [5.41, 5.74) is 0. The Kier molecular flexibility index (Phi) is 5.24. The molecule has 0 aliphatic heterocycles. The first-order valence-electron chi connectivity index (χ1n) is 5.81. The molecular formula is C13H16BrNOS2. The number of likely N-dealkylation sites (N-methyl/N-ethyl adjacent to an activating group) is 1. The Hall–Kier alpha value is -0.360. The van der Waals surface area contributed by atoms with Gasteiger partial charge in [-0.3, -0.25) is 0 Å². The maximum Gasteiger partial charge on any atom is 0.129 e. The van der Waals surface area contributed by atoms with Gasteiger partial charge in [-0.15, -0.1) is 22.7 Å². The fourth-order valence-corrected chi connectivity index (χ4v) is 4.24. The minimum Gasteiger partial charge on any atom is -0.496 e. The molecule has 0 aliphatic carbocycles. The molecule has 1 atom stereocenters. The molecule has 0 fully saturated rings. The molecule has 2 aromatic rings.